The van der Waals surface area contributed by atoms with E-state index in [9.17, 15) is 22.8 Å². The number of anilines is 1. The zero-order chi connectivity index (χ0) is 24.8. The summed E-state index contributed by atoms with van der Waals surface area (Å²) in [4.78, 5) is 25.1. The molecule has 0 aliphatic heterocycles. The molecule has 178 valence electrons. The van der Waals surface area contributed by atoms with E-state index in [0.717, 1.165) is 34.8 Å². The Bertz CT molecular complexity index is 1330. The summed E-state index contributed by atoms with van der Waals surface area (Å²) in [5.41, 5.74) is 1.55. The molecule has 2 aromatic carbocycles. The van der Waals surface area contributed by atoms with Gasteiger partial charge in [0.2, 0.25) is 0 Å². The van der Waals surface area contributed by atoms with Gasteiger partial charge in [0, 0.05) is 23.5 Å². The normalized spacial score (nSPS) is 11.5. The molecule has 35 heavy (non-hydrogen) atoms. The highest BCUT2D eigenvalue weighted by Crippen LogP contribution is 2.30. The SMILES string of the molecule is O=C(COC(=O)/C=C/c1cn(-c2ccccc2)nc1-c1cccs1)Nc1ccc(C(F)(F)F)cc1. The molecule has 0 saturated carbocycles. The molecule has 0 atom stereocenters. The Morgan fingerprint density at radius 3 is 2.43 bits per heavy atom. The van der Waals surface area contributed by atoms with Crippen LogP contribution < -0.4 is 5.32 Å². The minimum Gasteiger partial charge on any atom is -0.452 e. The molecule has 0 spiro atoms. The number of halogens is 3. The van der Waals surface area contributed by atoms with Crippen molar-refractivity contribution in [1.82, 2.24) is 9.78 Å². The third-order valence-corrected chi connectivity index (χ3v) is 5.63. The molecule has 10 heteroatoms. The molecular weight excluding hydrogens is 479 g/mol. The lowest BCUT2D eigenvalue weighted by Gasteiger charge is -2.08. The fraction of sp³-hybridized carbons (Fsp3) is 0.0800. The first kappa shape index (κ1) is 24.0. The highest BCUT2D eigenvalue weighted by Gasteiger charge is 2.30. The van der Waals surface area contributed by atoms with Gasteiger partial charge in [-0.1, -0.05) is 24.3 Å². The van der Waals surface area contributed by atoms with E-state index in [1.807, 2.05) is 47.8 Å². The molecule has 0 unspecified atom stereocenters. The Labute approximate surface area is 202 Å². The number of nitrogens with zero attached hydrogens (tertiary/aromatic N) is 2. The number of aromatic nitrogens is 2. The Balaban J connectivity index is 1.39. The second kappa shape index (κ2) is 10.4. The van der Waals surface area contributed by atoms with Crippen LogP contribution in [0, 0.1) is 0 Å². The molecule has 0 radical (unpaired) electrons. The van der Waals surface area contributed by atoms with Gasteiger partial charge in [-0.25, -0.2) is 9.48 Å². The number of rotatable bonds is 7. The fourth-order valence-corrected chi connectivity index (χ4v) is 3.84. The summed E-state index contributed by atoms with van der Waals surface area (Å²) < 4.78 is 44.5. The number of nitrogens with one attached hydrogen (secondary N) is 1. The number of benzene rings is 2. The Hall–Kier alpha value is -4.18. The molecule has 2 aromatic heterocycles. The monoisotopic (exact) mass is 497 g/mol. The van der Waals surface area contributed by atoms with Crippen LogP contribution in [0.2, 0.25) is 0 Å². The first-order valence-corrected chi connectivity index (χ1v) is 11.2. The van der Waals surface area contributed by atoms with E-state index >= 15 is 0 Å². The summed E-state index contributed by atoms with van der Waals surface area (Å²) >= 11 is 1.51. The van der Waals surface area contributed by atoms with E-state index in [-0.39, 0.29) is 5.69 Å². The lowest BCUT2D eigenvalue weighted by Crippen LogP contribution is -2.20. The summed E-state index contributed by atoms with van der Waals surface area (Å²) in [5.74, 6) is -1.43. The molecule has 4 rings (SSSR count). The fourth-order valence-electron chi connectivity index (χ4n) is 3.11. The van der Waals surface area contributed by atoms with Gasteiger partial charge in [0.25, 0.3) is 5.91 Å². The molecule has 1 N–H and O–H groups in total. The zero-order valence-corrected chi connectivity index (χ0v) is 18.8. The number of para-hydroxylation sites is 1. The third-order valence-electron chi connectivity index (χ3n) is 4.76. The number of carbonyl (C=O) groups excluding carboxylic acids is 2. The van der Waals surface area contributed by atoms with Gasteiger partial charge in [-0.05, 0) is 53.9 Å². The van der Waals surface area contributed by atoms with Crippen LogP contribution in [0.3, 0.4) is 0 Å². The maximum atomic E-state index is 12.6. The molecule has 0 aliphatic rings. The first-order chi connectivity index (χ1) is 16.8. The Morgan fingerprint density at radius 2 is 1.77 bits per heavy atom. The molecule has 4 aromatic rings. The standard InChI is InChI=1S/C25H18F3N3O3S/c26-25(27,28)18-9-11-19(12-10-18)29-22(32)16-34-23(33)13-8-17-15-31(20-5-2-1-3-6-20)30-24(17)21-7-4-14-35-21/h1-15H,16H2,(H,29,32)/b13-8+. The molecule has 1 amide bonds. The largest absolute Gasteiger partial charge is 0.452 e. The van der Waals surface area contributed by atoms with Gasteiger partial charge in [0.05, 0.1) is 16.1 Å². The van der Waals surface area contributed by atoms with Crippen LogP contribution in [0.15, 0.2) is 84.4 Å². The van der Waals surface area contributed by atoms with Crippen molar-refractivity contribution in [2.24, 2.45) is 0 Å². The van der Waals surface area contributed by atoms with Crippen LogP contribution in [-0.2, 0) is 20.5 Å². The maximum Gasteiger partial charge on any atom is 0.416 e. The number of hydrogen-bond acceptors (Lipinski definition) is 5. The van der Waals surface area contributed by atoms with Crippen LogP contribution in [0.4, 0.5) is 18.9 Å². The number of hydrogen-bond donors (Lipinski definition) is 1. The van der Waals surface area contributed by atoms with Gasteiger partial charge in [-0.3, -0.25) is 4.79 Å². The molecule has 0 bridgehead atoms. The van der Waals surface area contributed by atoms with Crippen LogP contribution in [0.1, 0.15) is 11.1 Å². The van der Waals surface area contributed by atoms with Crippen molar-refractivity contribution in [2.45, 2.75) is 6.18 Å². The highest BCUT2D eigenvalue weighted by atomic mass is 32.1. The van der Waals surface area contributed by atoms with E-state index in [0.29, 0.717) is 11.3 Å². The number of thiophene rings is 1. The Morgan fingerprint density at radius 1 is 1.03 bits per heavy atom. The quantitative estimate of drug-likeness (QED) is 0.258. The van der Waals surface area contributed by atoms with Crippen molar-refractivity contribution in [1.29, 1.82) is 0 Å². The molecule has 0 fully saturated rings. The van der Waals surface area contributed by atoms with Gasteiger partial charge in [-0.15, -0.1) is 11.3 Å². The summed E-state index contributed by atoms with van der Waals surface area (Å²) in [6.07, 6.45) is 0.0588. The maximum absolute atomic E-state index is 12.6. The van der Waals surface area contributed by atoms with Gasteiger partial charge in [-0.2, -0.15) is 18.3 Å². The van der Waals surface area contributed by atoms with Gasteiger partial charge in [0.15, 0.2) is 6.61 Å². The lowest BCUT2D eigenvalue weighted by atomic mass is 10.2. The predicted octanol–water partition coefficient (Wildman–Crippen LogP) is 5.81. The van der Waals surface area contributed by atoms with Crippen LogP contribution in [-0.4, -0.2) is 28.3 Å². The van der Waals surface area contributed by atoms with Crippen molar-refractivity contribution in [3.05, 3.63) is 95.5 Å². The smallest absolute Gasteiger partial charge is 0.416 e. The summed E-state index contributed by atoms with van der Waals surface area (Å²) in [5, 5.41) is 8.94. The van der Waals surface area contributed by atoms with Crippen molar-refractivity contribution >= 4 is 35.0 Å². The summed E-state index contributed by atoms with van der Waals surface area (Å²) in [7, 11) is 0. The van der Waals surface area contributed by atoms with Gasteiger partial charge in [0.1, 0.15) is 5.69 Å². The van der Waals surface area contributed by atoms with Crippen LogP contribution >= 0.6 is 11.3 Å². The van der Waals surface area contributed by atoms with E-state index in [2.05, 4.69) is 10.4 Å². The van der Waals surface area contributed by atoms with E-state index in [1.165, 1.54) is 17.4 Å². The third kappa shape index (κ3) is 6.24. The van der Waals surface area contributed by atoms with E-state index in [4.69, 9.17) is 4.74 Å². The number of carbonyl (C=O) groups is 2. The van der Waals surface area contributed by atoms with Crippen LogP contribution in [0.5, 0.6) is 0 Å². The number of alkyl halides is 3. The molecule has 0 aliphatic carbocycles. The highest BCUT2D eigenvalue weighted by molar-refractivity contribution is 7.13. The van der Waals surface area contributed by atoms with Crippen LogP contribution in [0.25, 0.3) is 22.3 Å². The zero-order valence-electron chi connectivity index (χ0n) is 18.0. The molecule has 6 nitrogen and oxygen atoms in total. The number of ether oxygens (including phenoxy) is 1. The molecule has 2 heterocycles. The molecule has 0 saturated heterocycles. The summed E-state index contributed by atoms with van der Waals surface area (Å²) in [6, 6.07) is 17.3. The van der Waals surface area contributed by atoms with Crippen molar-refractivity contribution in [2.75, 3.05) is 11.9 Å². The minimum absolute atomic E-state index is 0.156. The number of amides is 1. The van der Waals surface area contributed by atoms with E-state index < -0.39 is 30.2 Å². The average molecular weight is 497 g/mol. The van der Waals surface area contributed by atoms with Gasteiger partial charge >= 0.3 is 12.1 Å². The lowest BCUT2D eigenvalue weighted by molar-refractivity contribution is -0.142. The minimum atomic E-state index is -4.47. The average Bonchev–Trinajstić information content (AvgIpc) is 3.52. The topological polar surface area (TPSA) is 73.2 Å². The number of esters is 1. The summed E-state index contributed by atoms with van der Waals surface area (Å²) in [6.45, 7) is -0.592. The molecular formula is C25H18F3N3O3S. The van der Waals surface area contributed by atoms with Gasteiger partial charge < -0.3 is 10.1 Å². The van der Waals surface area contributed by atoms with Crippen molar-refractivity contribution < 1.29 is 27.5 Å². The van der Waals surface area contributed by atoms with Crippen molar-refractivity contribution in [3.63, 3.8) is 0 Å². The second-order valence-corrected chi connectivity index (χ2v) is 8.20. The van der Waals surface area contributed by atoms with E-state index in [1.54, 1.807) is 17.0 Å². The predicted molar refractivity (Wildman–Crippen MR) is 127 cm³/mol. The first-order valence-electron chi connectivity index (χ1n) is 10.3. The van der Waals surface area contributed by atoms with Crippen molar-refractivity contribution in [3.8, 4) is 16.3 Å². The second-order valence-electron chi connectivity index (χ2n) is 7.25. The Kier molecular flexibility index (Phi) is 7.11.